The molecule has 5 nitrogen and oxygen atoms in total. The molecular weight excluding hydrogens is 373 g/mol. The number of hydrogen-bond donors (Lipinski definition) is 1. The van der Waals surface area contributed by atoms with E-state index in [2.05, 4.69) is 5.32 Å². The molecule has 0 amide bonds. The van der Waals surface area contributed by atoms with E-state index in [1.54, 1.807) is 18.2 Å². The normalized spacial score (nSPS) is 14.3. The van der Waals surface area contributed by atoms with Gasteiger partial charge in [0, 0.05) is 31.1 Å². The highest BCUT2D eigenvalue weighted by Gasteiger charge is 2.23. The third-order valence-corrected chi connectivity index (χ3v) is 5.57. The van der Waals surface area contributed by atoms with Gasteiger partial charge in [-0.05, 0) is 37.3 Å². The Morgan fingerprint density at radius 3 is 2.62 bits per heavy atom. The van der Waals surface area contributed by atoms with Gasteiger partial charge >= 0.3 is 5.97 Å². The van der Waals surface area contributed by atoms with Crippen molar-refractivity contribution >= 4 is 45.3 Å². The van der Waals surface area contributed by atoms with Gasteiger partial charge < -0.3 is 19.9 Å². The number of anilines is 2. The van der Waals surface area contributed by atoms with Crippen molar-refractivity contribution in [1.82, 2.24) is 4.90 Å². The minimum absolute atomic E-state index is 0.210. The Kier molecular flexibility index (Phi) is 5.73. The van der Waals surface area contributed by atoms with Gasteiger partial charge in [0.25, 0.3) is 0 Å². The lowest BCUT2D eigenvalue weighted by Crippen LogP contribution is -2.50. The maximum absolute atomic E-state index is 13.9. The number of nitrogens with one attached hydrogen (secondary N) is 1. The van der Waals surface area contributed by atoms with Crippen LogP contribution >= 0.6 is 23.6 Å². The number of para-hydroxylation sites is 1. The summed E-state index contributed by atoms with van der Waals surface area (Å²) in [6.45, 7) is 4.64. The third kappa shape index (κ3) is 3.96. The van der Waals surface area contributed by atoms with Crippen molar-refractivity contribution in [1.29, 1.82) is 0 Å². The van der Waals surface area contributed by atoms with E-state index in [1.807, 2.05) is 22.8 Å². The molecule has 1 N–H and O–H groups in total. The molecule has 0 radical (unpaired) electrons. The van der Waals surface area contributed by atoms with E-state index in [0.717, 1.165) is 4.88 Å². The molecule has 8 heteroatoms. The largest absolute Gasteiger partial charge is 0.465 e. The lowest BCUT2D eigenvalue weighted by molar-refractivity contribution is 0.0602. The Morgan fingerprint density at radius 2 is 1.96 bits per heavy atom. The molecule has 0 atom stereocenters. The fraction of sp³-hybridized carbons (Fsp3) is 0.333. The number of hydrogen-bond acceptors (Lipinski definition) is 5. The van der Waals surface area contributed by atoms with E-state index >= 15 is 0 Å². The van der Waals surface area contributed by atoms with Crippen LogP contribution < -0.4 is 10.2 Å². The number of esters is 1. The standard InChI is InChI=1S/C18H20FN3O2S2/c1-12-11-13(17(23)24-2)16(26-12)20-18(25)22-9-7-21(8-10-22)15-6-4-3-5-14(15)19/h3-6,11H,7-10H2,1-2H3,(H,20,25). The summed E-state index contributed by atoms with van der Waals surface area (Å²) >= 11 is 6.97. The molecule has 1 aromatic heterocycles. The fourth-order valence-corrected chi connectivity index (χ4v) is 4.15. The minimum atomic E-state index is -0.385. The average Bonchev–Trinajstić information content (AvgIpc) is 3.02. The average molecular weight is 394 g/mol. The van der Waals surface area contributed by atoms with Gasteiger partial charge in [0.15, 0.2) is 5.11 Å². The smallest absolute Gasteiger partial charge is 0.340 e. The van der Waals surface area contributed by atoms with Crippen molar-refractivity contribution in [2.24, 2.45) is 0 Å². The second-order valence-electron chi connectivity index (χ2n) is 5.95. The van der Waals surface area contributed by atoms with Crippen molar-refractivity contribution in [2.75, 3.05) is 43.5 Å². The van der Waals surface area contributed by atoms with Gasteiger partial charge in [-0.1, -0.05) is 12.1 Å². The molecule has 3 rings (SSSR count). The van der Waals surface area contributed by atoms with Crippen LogP contribution in [0.1, 0.15) is 15.2 Å². The van der Waals surface area contributed by atoms with E-state index in [4.69, 9.17) is 17.0 Å². The first-order valence-corrected chi connectivity index (χ1v) is 9.46. The molecule has 0 unspecified atom stereocenters. The topological polar surface area (TPSA) is 44.8 Å². The van der Waals surface area contributed by atoms with E-state index in [-0.39, 0.29) is 11.8 Å². The Hall–Kier alpha value is -2.19. The molecule has 138 valence electrons. The highest BCUT2D eigenvalue weighted by molar-refractivity contribution is 7.80. The summed E-state index contributed by atoms with van der Waals surface area (Å²) in [5, 5.41) is 4.42. The second kappa shape index (κ2) is 8.01. The molecule has 2 aromatic rings. The Labute approximate surface area is 161 Å². The van der Waals surface area contributed by atoms with Gasteiger partial charge in [-0.25, -0.2) is 9.18 Å². The number of piperazine rings is 1. The minimum Gasteiger partial charge on any atom is -0.465 e. The van der Waals surface area contributed by atoms with E-state index < -0.39 is 0 Å². The number of thiophene rings is 1. The monoisotopic (exact) mass is 393 g/mol. The van der Waals surface area contributed by atoms with Crippen LogP contribution in [0.25, 0.3) is 0 Å². The van der Waals surface area contributed by atoms with Crippen molar-refractivity contribution in [3.63, 3.8) is 0 Å². The van der Waals surface area contributed by atoms with Gasteiger partial charge in [0.05, 0.1) is 18.4 Å². The van der Waals surface area contributed by atoms with Crippen LogP contribution in [0.5, 0.6) is 0 Å². The number of benzene rings is 1. The summed E-state index contributed by atoms with van der Waals surface area (Å²) in [7, 11) is 1.36. The number of carbonyl (C=O) groups excluding carboxylic acids is 1. The first kappa shape index (κ1) is 18.6. The zero-order valence-corrected chi connectivity index (χ0v) is 16.3. The van der Waals surface area contributed by atoms with Crippen LogP contribution in [-0.2, 0) is 4.74 Å². The zero-order valence-electron chi connectivity index (χ0n) is 14.6. The van der Waals surface area contributed by atoms with Crippen LogP contribution in [0.4, 0.5) is 15.1 Å². The summed E-state index contributed by atoms with van der Waals surface area (Å²) in [6, 6.07) is 8.58. The molecule has 0 aliphatic carbocycles. The molecule has 1 aliphatic rings. The molecule has 2 heterocycles. The van der Waals surface area contributed by atoms with Crippen molar-refractivity contribution in [3.8, 4) is 0 Å². The van der Waals surface area contributed by atoms with Gasteiger partial charge in [-0.3, -0.25) is 0 Å². The third-order valence-electron chi connectivity index (χ3n) is 4.24. The number of halogens is 1. The lowest BCUT2D eigenvalue weighted by atomic mass is 10.2. The Bertz CT molecular complexity index is 817. The summed E-state index contributed by atoms with van der Waals surface area (Å²) in [5.41, 5.74) is 1.11. The van der Waals surface area contributed by atoms with Crippen LogP contribution in [0.15, 0.2) is 30.3 Å². The highest BCUT2D eigenvalue weighted by atomic mass is 32.1. The van der Waals surface area contributed by atoms with Gasteiger partial charge in [-0.15, -0.1) is 11.3 Å². The number of methoxy groups -OCH3 is 1. The van der Waals surface area contributed by atoms with Gasteiger partial charge in [-0.2, -0.15) is 0 Å². The number of rotatable bonds is 3. The second-order valence-corrected chi connectivity index (χ2v) is 7.59. The van der Waals surface area contributed by atoms with E-state index in [1.165, 1.54) is 24.5 Å². The van der Waals surface area contributed by atoms with Crippen LogP contribution in [0, 0.1) is 12.7 Å². The van der Waals surface area contributed by atoms with Crippen LogP contribution in [0.3, 0.4) is 0 Å². The Balaban J connectivity index is 1.63. The van der Waals surface area contributed by atoms with Crippen molar-refractivity contribution in [2.45, 2.75) is 6.92 Å². The summed E-state index contributed by atoms with van der Waals surface area (Å²) in [5.74, 6) is -0.595. The molecule has 0 bridgehead atoms. The maximum Gasteiger partial charge on any atom is 0.340 e. The maximum atomic E-state index is 13.9. The Morgan fingerprint density at radius 1 is 1.27 bits per heavy atom. The number of nitrogens with zero attached hydrogens (tertiary/aromatic N) is 2. The molecular formula is C18H20FN3O2S2. The van der Waals surface area contributed by atoms with E-state index in [9.17, 15) is 9.18 Å². The SMILES string of the molecule is COC(=O)c1cc(C)sc1NC(=S)N1CCN(c2ccccc2F)CC1. The quantitative estimate of drug-likeness (QED) is 0.636. The van der Waals surface area contributed by atoms with Crippen LogP contribution in [-0.4, -0.2) is 49.3 Å². The van der Waals surface area contributed by atoms with Crippen LogP contribution in [0.2, 0.25) is 0 Å². The molecule has 26 heavy (non-hydrogen) atoms. The molecule has 1 fully saturated rings. The molecule has 1 saturated heterocycles. The first-order chi connectivity index (χ1) is 12.5. The summed E-state index contributed by atoms with van der Waals surface area (Å²) in [4.78, 5) is 16.9. The van der Waals surface area contributed by atoms with E-state index in [0.29, 0.717) is 47.5 Å². The fourth-order valence-electron chi connectivity index (χ4n) is 2.90. The first-order valence-electron chi connectivity index (χ1n) is 8.23. The molecule has 1 aromatic carbocycles. The number of ether oxygens (including phenoxy) is 1. The molecule has 0 saturated carbocycles. The zero-order chi connectivity index (χ0) is 18.7. The molecule has 0 spiro atoms. The number of carbonyl (C=O) groups is 1. The van der Waals surface area contributed by atoms with Crippen molar-refractivity contribution in [3.05, 3.63) is 46.6 Å². The van der Waals surface area contributed by atoms with Gasteiger partial charge in [0.2, 0.25) is 0 Å². The number of thiocarbonyl (C=S) groups is 1. The predicted octanol–water partition coefficient (Wildman–Crippen LogP) is 3.50. The van der Waals surface area contributed by atoms with Crippen molar-refractivity contribution < 1.29 is 13.9 Å². The number of aryl methyl sites for hydroxylation is 1. The predicted molar refractivity (Wildman–Crippen MR) is 107 cm³/mol. The molecule has 1 aliphatic heterocycles. The summed E-state index contributed by atoms with van der Waals surface area (Å²) in [6.07, 6.45) is 0. The highest BCUT2D eigenvalue weighted by Crippen LogP contribution is 2.29. The van der Waals surface area contributed by atoms with Gasteiger partial charge in [0.1, 0.15) is 10.8 Å². The summed E-state index contributed by atoms with van der Waals surface area (Å²) < 4.78 is 18.8. The lowest BCUT2D eigenvalue weighted by Gasteiger charge is -2.37.